The highest BCUT2D eigenvalue weighted by atomic mass is 16.5. The van der Waals surface area contributed by atoms with Gasteiger partial charge in [0.15, 0.2) is 0 Å². The van der Waals surface area contributed by atoms with Crippen LogP contribution in [-0.4, -0.2) is 38.8 Å². The van der Waals surface area contributed by atoms with Crippen LogP contribution in [0.1, 0.15) is 70.8 Å². The smallest absolute Gasteiger partial charge is 0.123 e. The Morgan fingerprint density at radius 1 is 0.680 bits per heavy atom. The Hall–Kier alpha value is -1.22. The molecule has 1 rings (SSSR count). The van der Waals surface area contributed by atoms with Gasteiger partial charge >= 0.3 is 0 Å². The van der Waals surface area contributed by atoms with Crippen LogP contribution in [-0.2, 0) is 6.54 Å². The average molecular weight is 351 g/mol. The first-order valence-corrected chi connectivity index (χ1v) is 10.1. The van der Waals surface area contributed by atoms with Crippen LogP contribution in [0.25, 0.3) is 0 Å². The van der Waals surface area contributed by atoms with Crippen LogP contribution in [0.2, 0.25) is 0 Å². The van der Waals surface area contributed by atoms with Crippen LogP contribution < -0.4 is 9.47 Å². The van der Waals surface area contributed by atoms with Crippen molar-refractivity contribution < 1.29 is 14.0 Å². The molecule has 0 N–H and O–H groups in total. The summed E-state index contributed by atoms with van der Waals surface area (Å²) in [6, 6.07) is 6.40. The lowest BCUT2D eigenvalue weighted by molar-refractivity contribution is -0.884. The maximum Gasteiger partial charge on any atom is 0.123 e. The fourth-order valence-corrected chi connectivity index (χ4v) is 2.87. The molecule has 144 valence electrons. The number of hydrogen-bond donors (Lipinski definition) is 0. The summed E-state index contributed by atoms with van der Waals surface area (Å²) in [7, 11) is 6.64. The summed E-state index contributed by atoms with van der Waals surface area (Å²) in [6.07, 6.45) is 9.84. The summed E-state index contributed by atoms with van der Waals surface area (Å²) in [5.41, 5.74) is 1.28. The fourth-order valence-electron chi connectivity index (χ4n) is 2.87. The van der Waals surface area contributed by atoms with E-state index in [0.717, 1.165) is 48.6 Å². The van der Waals surface area contributed by atoms with Gasteiger partial charge in [-0.2, -0.15) is 0 Å². The standard InChI is InChI=1S/C22H40NO2/c1-6-8-10-12-14-24-21-16-20(19-23(3,4)5)17-22(18-21)25-15-13-11-9-7-2/h16-18H,6-15,19H2,1-5H3/q+1. The SMILES string of the molecule is CCCCCCOc1cc(C[N+](C)(C)C)cc(OCCCCCC)c1. The molecule has 0 spiro atoms. The number of hydrogen-bond acceptors (Lipinski definition) is 2. The van der Waals surface area contributed by atoms with Crippen molar-refractivity contribution in [2.45, 2.75) is 71.8 Å². The highest BCUT2D eigenvalue weighted by Gasteiger charge is 2.12. The zero-order chi connectivity index (χ0) is 18.5. The molecule has 0 aromatic heterocycles. The van der Waals surface area contributed by atoms with Gasteiger partial charge in [-0.3, -0.25) is 0 Å². The van der Waals surface area contributed by atoms with Crippen LogP contribution in [0.5, 0.6) is 11.5 Å². The molecule has 0 heterocycles. The van der Waals surface area contributed by atoms with Crippen LogP contribution in [0, 0.1) is 0 Å². The van der Waals surface area contributed by atoms with E-state index in [4.69, 9.17) is 9.47 Å². The quantitative estimate of drug-likeness (QED) is 0.311. The molecule has 3 heteroatoms. The molecule has 0 fully saturated rings. The molecular formula is C22H40NO2+. The van der Waals surface area contributed by atoms with E-state index in [1.165, 1.54) is 44.1 Å². The third-order valence-electron chi connectivity index (χ3n) is 4.13. The lowest BCUT2D eigenvalue weighted by atomic mass is 10.1. The number of ether oxygens (including phenoxy) is 2. The molecule has 0 atom stereocenters. The van der Waals surface area contributed by atoms with Crippen molar-refractivity contribution in [2.24, 2.45) is 0 Å². The second-order valence-corrected chi connectivity index (χ2v) is 8.08. The summed E-state index contributed by atoms with van der Waals surface area (Å²) in [6.45, 7) is 7.03. The van der Waals surface area contributed by atoms with Crippen LogP contribution in [0.15, 0.2) is 18.2 Å². The van der Waals surface area contributed by atoms with E-state index in [-0.39, 0.29) is 0 Å². The number of quaternary nitrogens is 1. The van der Waals surface area contributed by atoms with E-state index in [0.29, 0.717) is 0 Å². The first-order chi connectivity index (χ1) is 11.9. The third-order valence-corrected chi connectivity index (χ3v) is 4.13. The van der Waals surface area contributed by atoms with Gasteiger partial charge in [0.2, 0.25) is 0 Å². The first kappa shape index (κ1) is 21.8. The zero-order valence-electron chi connectivity index (χ0n) is 17.3. The average Bonchev–Trinajstić information content (AvgIpc) is 2.53. The minimum absolute atomic E-state index is 0.795. The molecule has 0 saturated carbocycles. The van der Waals surface area contributed by atoms with Crippen molar-refractivity contribution in [3.63, 3.8) is 0 Å². The van der Waals surface area contributed by atoms with E-state index in [9.17, 15) is 0 Å². The number of benzene rings is 1. The Bertz CT molecular complexity index is 433. The minimum atomic E-state index is 0.795. The van der Waals surface area contributed by atoms with E-state index >= 15 is 0 Å². The normalized spacial score (nSPS) is 11.6. The predicted octanol–water partition coefficient (Wildman–Crippen LogP) is 5.81. The molecule has 0 radical (unpaired) electrons. The second-order valence-electron chi connectivity index (χ2n) is 8.08. The van der Waals surface area contributed by atoms with Gasteiger partial charge in [-0.05, 0) is 25.0 Å². The van der Waals surface area contributed by atoms with Gasteiger partial charge in [0.05, 0.1) is 34.4 Å². The molecule has 1 aromatic rings. The predicted molar refractivity (Wildman–Crippen MR) is 107 cm³/mol. The maximum atomic E-state index is 6.01. The van der Waals surface area contributed by atoms with Gasteiger partial charge in [0.1, 0.15) is 18.0 Å². The molecule has 3 nitrogen and oxygen atoms in total. The van der Waals surface area contributed by atoms with Crippen molar-refractivity contribution in [3.8, 4) is 11.5 Å². The van der Waals surface area contributed by atoms with E-state index in [1.807, 2.05) is 0 Å². The lowest BCUT2D eigenvalue weighted by Crippen LogP contribution is -2.33. The summed E-state index contributed by atoms with van der Waals surface area (Å²) >= 11 is 0. The third kappa shape index (κ3) is 11.1. The van der Waals surface area contributed by atoms with E-state index < -0.39 is 0 Å². The second kappa shape index (κ2) is 12.2. The molecule has 0 saturated heterocycles. The number of rotatable bonds is 14. The zero-order valence-corrected chi connectivity index (χ0v) is 17.3. The Kier molecular flexibility index (Phi) is 10.6. The van der Waals surface area contributed by atoms with Crippen molar-refractivity contribution in [1.29, 1.82) is 0 Å². The minimum Gasteiger partial charge on any atom is -0.493 e. The monoisotopic (exact) mass is 350 g/mol. The molecule has 1 aromatic carbocycles. The van der Waals surface area contributed by atoms with Crippen LogP contribution >= 0.6 is 0 Å². The summed E-state index contributed by atoms with van der Waals surface area (Å²) in [4.78, 5) is 0. The van der Waals surface area contributed by atoms with Crippen LogP contribution in [0.3, 0.4) is 0 Å². The molecule has 0 aliphatic rings. The van der Waals surface area contributed by atoms with Gasteiger partial charge in [0, 0.05) is 11.6 Å². The van der Waals surface area contributed by atoms with Gasteiger partial charge in [0.25, 0.3) is 0 Å². The van der Waals surface area contributed by atoms with Crippen molar-refractivity contribution in [3.05, 3.63) is 23.8 Å². The highest BCUT2D eigenvalue weighted by Crippen LogP contribution is 2.25. The lowest BCUT2D eigenvalue weighted by Gasteiger charge is -2.24. The fraction of sp³-hybridized carbons (Fsp3) is 0.727. The van der Waals surface area contributed by atoms with E-state index in [1.54, 1.807) is 0 Å². The topological polar surface area (TPSA) is 18.5 Å². The van der Waals surface area contributed by atoms with Crippen molar-refractivity contribution >= 4 is 0 Å². The Morgan fingerprint density at radius 2 is 1.16 bits per heavy atom. The van der Waals surface area contributed by atoms with Gasteiger partial charge in [-0.25, -0.2) is 0 Å². The molecular weight excluding hydrogens is 310 g/mol. The molecule has 0 unspecified atom stereocenters. The number of nitrogens with zero attached hydrogens (tertiary/aromatic N) is 1. The molecule has 0 bridgehead atoms. The van der Waals surface area contributed by atoms with E-state index in [2.05, 4.69) is 53.2 Å². The van der Waals surface area contributed by atoms with Crippen molar-refractivity contribution in [2.75, 3.05) is 34.4 Å². The molecule has 0 aliphatic carbocycles. The van der Waals surface area contributed by atoms with Gasteiger partial charge < -0.3 is 14.0 Å². The molecule has 0 aliphatic heterocycles. The largest absolute Gasteiger partial charge is 0.493 e. The molecule has 0 amide bonds. The van der Waals surface area contributed by atoms with Crippen molar-refractivity contribution in [1.82, 2.24) is 0 Å². The Morgan fingerprint density at radius 3 is 1.56 bits per heavy atom. The molecule has 25 heavy (non-hydrogen) atoms. The first-order valence-electron chi connectivity index (χ1n) is 10.1. The summed E-state index contributed by atoms with van der Waals surface area (Å²) < 4.78 is 12.9. The highest BCUT2D eigenvalue weighted by molar-refractivity contribution is 5.38. The maximum absolute atomic E-state index is 6.01. The summed E-state index contributed by atoms with van der Waals surface area (Å²) in [5, 5.41) is 0. The van der Waals surface area contributed by atoms with Gasteiger partial charge in [-0.1, -0.05) is 52.4 Å². The number of unbranched alkanes of at least 4 members (excludes halogenated alkanes) is 6. The Labute approximate surface area is 155 Å². The Balaban J connectivity index is 2.63. The summed E-state index contributed by atoms with van der Waals surface area (Å²) in [5.74, 6) is 1.90. The van der Waals surface area contributed by atoms with Crippen LogP contribution in [0.4, 0.5) is 0 Å². The van der Waals surface area contributed by atoms with Gasteiger partial charge in [-0.15, -0.1) is 0 Å².